The number of benzene rings is 2. The monoisotopic (exact) mass is 406 g/mol. The van der Waals surface area contributed by atoms with Crippen molar-refractivity contribution in [2.24, 2.45) is 0 Å². The molecule has 29 heavy (non-hydrogen) atoms. The van der Waals surface area contributed by atoms with Gasteiger partial charge in [0.2, 0.25) is 5.91 Å². The summed E-state index contributed by atoms with van der Waals surface area (Å²) in [5, 5.41) is 0.692. The van der Waals surface area contributed by atoms with E-state index in [1.54, 1.807) is 0 Å². The van der Waals surface area contributed by atoms with E-state index in [1.165, 1.54) is 11.3 Å². The molecule has 4 rings (SSSR count). The molecule has 0 N–H and O–H groups in total. The van der Waals surface area contributed by atoms with Gasteiger partial charge in [-0.15, -0.1) is 11.3 Å². The SMILES string of the molecule is O=C(OCC(=O)N1CCCC1=O)c1sc(-c2ccccc2)nc1-c1ccccc1. The number of thiazole rings is 1. The van der Waals surface area contributed by atoms with Crippen molar-refractivity contribution in [2.75, 3.05) is 13.2 Å². The van der Waals surface area contributed by atoms with E-state index < -0.39 is 18.5 Å². The molecule has 0 spiro atoms. The van der Waals surface area contributed by atoms with Crippen LogP contribution in [0.25, 0.3) is 21.8 Å². The molecule has 1 aliphatic heterocycles. The molecular weight excluding hydrogens is 388 g/mol. The van der Waals surface area contributed by atoms with Crippen molar-refractivity contribution >= 4 is 29.1 Å². The van der Waals surface area contributed by atoms with E-state index >= 15 is 0 Å². The molecule has 0 saturated carbocycles. The number of nitrogens with zero attached hydrogens (tertiary/aromatic N) is 2. The summed E-state index contributed by atoms with van der Waals surface area (Å²) in [6.45, 7) is -0.0828. The van der Waals surface area contributed by atoms with Gasteiger partial charge in [-0.3, -0.25) is 14.5 Å². The number of ether oxygens (including phenoxy) is 1. The maximum atomic E-state index is 12.8. The molecule has 0 radical (unpaired) electrons. The van der Waals surface area contributed by atoms with Gasteiger partial charge in [0.25, 0.3) is 5.91 Å². The van der Waals surface area contributed by atoms with Gasteiger partial charge in [-0.2, -0.15) is 0 Å². The van der Waals surface area contributed by atoms with E-state index in [4.69, 9.17) is 4.74 Å². The largest absolute Gasteiger partial charge is 0.451 e. The minimum Gasteiger partial charge on any atom is -0.451 e. The third-order valence-electron chi connectivity index (χ3n) is 4.58. The summed E-state index contributed by atoms with van der Waals surface area (Å²) >= 11 is 1.22. The summed E-state index contributed by atoms with van der Waals surface area (Å²) in [6, 6.07) is 18.9. The first-order valence-corrected chi connectivity index (χ1v) is 10.1. The van der Waals surface area contributed by atoms with Crippen molar-refractivity contribution in [3.63, 3.8) is 0 Å². The van der Waals surface area contributed by atoms with Gasteiger partial charge in [0, 0.05) is 24.1 Å². The Balaban J connectivity index is 1.59. The van der Waals surface area contributed by atoms with Crippen LogP contribution >= 0.6 is 11.3 Å². The third-order valence-corrected chi connectivity index (χ3v) is 5.67. The van der Waals surface area contributed by atoms with Gasteiger partial charge in [-0.25, -0.2) is 9.78 Å². The Morgan fingerprint density at radius 3 is 2.28 bits per heavy atom. The van der Waals surface area contributed by atoms with Crippen LogP contribution in [-0.4, -0.2) is 40.8 Å². The summed E-state index contributed by atoms with van der Waals surface area (Å²) < 4.78 is 5.25. The maximum absolute atomic E-state index is 12.8. The zero-order valence-corrected chi connectivity index (χ0v) is 16.4. The van der Waals surface area contributed by atoms with Gasteiger partial charge >= 0.3 is 5.97 Å². The molecule has 6 nitrogen and oxygen atoms in total. The first kappa shape index (κ1) is 19.0. The number of hydrogen-bond acceptors (Lipinski definition) is 6. The van der Waals surface area contributed by atoms with E-state index in [0.717, 1.165) is 16.0 Å². The molecular formula is C22H18N2O4S. The van der Waals surface area contributed by atoms with E-state index in [9.17, 15) is 14.4 Å². The van der Waals surface area contributed by atoms with Crippen LogP contribution in [0.5, 0.6) is 0 Å². The number of amides is 2. The molecule has 2 amide bonds. The van der Waals surface area contributed by atoms with Crippen molar-refractivity contribution < 1.29 is 19.1 Å². The highest BCUT2D eigenvalue weighted by molar-refractivity contribution is 7.17. The average molecular weight is 406 g/mol. The summed E-state index contributed by atoms with van der Waals surface area (Å²) in [5.74, 6) is -1.33. The molecule has 0 aliphatic carbocycles. The Morgan fingerprint density at radius 1 is 1.00 bits per heavy atom. The topological polar surface area (TPSA) is 76.6 Å². The second-order valence-electron chi connectivity index (χ2n) is 6.55. The number of rotatable bonds is 5. The fourth-order valence-corrected chi connectivity index (χ4v) is 4.12. The van der Waals surface area contributed by atoms with E-state index in [2.05, 4.69) is 4.98 Å². The lowest BCUT2D eigenvalue weighted by Crippen LogP contribution is -2.35. The number of aromatic nitrogens is 1. The molecule has 1 fully saturated rings. The highest BCUT2D eigenvalue weighted by atomic mass is 32.1. The first-order valence-electron chi connectivity index (χ1n) is 9.25. The van der Waals surface area contributed by atoms with Crippen LogP contribution in [-0.2, 0) is 14.3 Å². The van der Waals surface area contributed by atoms with E-state index in [1.807, 2.05) is 60.7 Å². The van der Waals surface area contributed by atoms with E-state index in [-0.39, 0.29) is 5.91 Å². The first-order chi connectivity index (χ1) is 14.1. The third kappa shape index (κ3) is 4.09. The molecule has 7 heteroatoms. The fourth-order valence-electron chi connectivity index (χ4n) is 3.14. The highest BCUT2D eigenvalue weighted by Crippen LogP contribution is 2.34. The Bertz CT molecular complexity index is 1050. The Labute approximate surface area is 171 Å². The summed E-state index contributed by atoms with van der Waals surface area (Å²) in [6.07, 6.45) is 0.999. The van der Waals surface area contributed by atoms with E-state index in [0.29, 0.717) is 35.0 Å². The van der Waals surface area contributed by atoms with Crippen molar-refractivity contribution in [1.29, 1.82) is 0 Å². The highest BCUT2D eigenvalue weighted by Gasteiger charge is 2.28. The molecule has 0 atom stereocenters. The van der Waals surface area contributed by atoms with Gasteiger partial charge < -0.3 is 4.74 Å². The lowest BCUT2D eigenvalue weighted by molar-refractivity contribution is -0.143. The number of likely N-dealkylation sites (tertiary alicyclic amines) is 1. The van der Waals surface area contributed by atoms with Gasteiger partial charge in [0.15, 0.2) is 6.61 Å². The number of esters is 1. The normalized spacial score (nSPS) is 13.5. The molecule has 146 valence electrons. The lowest BCUT2D eigenvalue weighted by atomic mass is 10.1. The second-order valence-corrected chi connectivity index (χ2v) is 7.55. The summed E-state index contributed by atoms with van der Waals surface area (Å²) in [5.41, 5.74) is 2.20. The van der Waals surface area contributed by atoms with Crippen molar-refractivity contribution in [3.8, 4) is 21.8 Å². The van der Waals surface area contributed by atoms with Crippen LogP contribution in [0.2, 0.25) is 0 Å². The molecule has 0 bridgehead atoms. The number of imide groups is 1. The zero-order chi connectivity index (χ0) is 20.2. The molecule has 3 aromatic rings. The minimum absolute atomic E-state index is 0.222. The molecule has 1 aliphatic rings. The summed E-state index contributed by atoms with van der Waals surface area (Å²) in [7, 11) is 0. The van der Waals surface area contributed by atoms with Crippen LogP contribution in [0.1, 0.15) is 22.5 Å². The smallest absolute Gasteiger partial charge is 0.351 e. The molecule has 1 saturated heterocycles. The Morgan fingerprint density at radius 2 is 1.66 bits per heavy atom. The molecule has 2 aromatic carbocycles. The minimum atomic E-state index is -0.622. The Kier molecular flexibility index (Phi) is 5.48. The predicted molar refractivity (Wildman–Crippen MR) is 109 cm³/mol. The Hall–Kier alpha value is -3.32. The van der Waals surface area contributed by atoms with Gasteiger partial charge in [0.1, 0.15) is 9.88 Å². The average Bonchev–Trinajstić information content (AvgIpc) is 3.40. The van der Waals surface area contributed by atoms with Crippen molar-refractivity contribution in [2.45, 2.75) is 12.8 Å². The van der Waals surface area contributed by atoms with Crippen LogP contribution in [0.4, 0.5) is 0 Å². The van der Waals surface area contributed by atoms with Crippen molar-refractivity contribution in [3.05, 3.63) is 65.5 Å². The fraction of sp³-hybridized carbons (Fsp3) is 0.182. The predicted octanol–water partition coefficient (Wildman–Crippen LogP) is 3.78. The second kappa shape index (κ2) is 8.36. The zero-order valence-electron chi connectivity index (χ0n) is 15.5. The van der Waals surface area contributed by atoms with Gasteiger partial charge in [0.05, 0.1) is 5.69 Å². The van der Waals surface area contributed by atoms with Crippen molar-refractivity contribution in [1.82, 2.24) is 9.88 Å². The summed E-state index contributed by atoms with van der Waals surface area (Å²) in [4.78, 5) is 42.8. The molecule has 2 heterocycles. The van der Waals surface area contributed by atoms with Crippen LogP contribution in [0.15, 0.2) is 60.7 Å². The molecule has 0 unspecified atom stereocenters. The van der Waals surface area contributed by atoms with Crippen LogP contribution in [0.3, 0.4) is 0 Å². The number of carbonyl (C=O) groups excluding carboxylic acids is 3. The van der Waals surface area contributed by atoms with Crippen LogP contribution in [0, 0.1) is 0 Å². The molecule has 1 aromatic heterocycles. The lowest BCUT2D eigenvalue weighted by Gasteiger charge is -2.13. The standard InChI is InChI=1S/C22H18N2O4S/c25-17-12-7-13-24(17)18(26)14-28-22(27)20-19(15-8-3-1-4-9-15)23-21(29-20)16-10-5-2-6-11-16/h1-6,8-11H,7,12-14H2. The van der Waals surface area contributed by atoms with Gasteiger partial charge in [-0.1, -0.05) is 60.7 Å². The van der Waals surface area contributed by atoms with Gasteiger partial charge in [-0.05, 0) is 6.42 Å². The number of carbonyl (C=O) groups is 3. The van der Waals surface area contributed by atoms with Crippen LogP contribution < -0.4 is 0 Å². The quantitative estimate of drug-likeness (QED) is 0.603. The maximum Gasteiger partial charge on any atom is 0.351 e. The number of hydrogen-bond donors (Lipinski definition) is 0.